The maximum atomic E-state index is 12.6. The lowest BCUT2D eigenvalue weighted by atomic mass is 9.98. The van der Waals surface area contributed by atoms with Crippen LogP contribution in [0, 0.1) is 0 Å². The van der Waals surface area contributed by atoms with Crippen molar-refractivity contribution in [3.8, 4) is 0 Å². The van der Waals surface area contributed by atoms with Crippen LogP contribution in [0.15, 0.2) is 36.7 Å². The van der Waals surface area contributed by atoms with E-state index in [0.717, 1.165) is 48.4 Å². The molecule has 0 aliphatic carbocycles. The zero-order valence-electron chi connectivity index (χ0n) is 15.0. The summed E-state index contributed by atoms with van der Waals surface area (Å²) in [6.07, 6.45) is 5.65. The van der Waals surface area contributed by atoms with Crippen LogP contribution in [0.25, 0.3) is 10.9 Å². The van der Waals surface area contributed by atoms with Crippen LogP contribution in [0.3, 0.4) is 0 Å². The number of imidazole rings is 1. The van der Waals surface area contributed by atoms with Crippen molar-refractivity contribution < 1.29 is 4.79 Å². The molecule has 0 bridgehead atoms. The van der Waals surface area contributed by atoms with Crippen molar-refractivity contribution in [3.63, 3.8) is 0 Å². The second-order valence-corrected chi connectivity index (χ2v) is 6.70. The van der Waals surface area contributed by atoms with Crippen molar-refractivity contribution in [3.05, 3.63) is 48.2 Å². The quantitative estimate of drug-likeness (QED) is 0.758. The second kappa shape index (κ2) is 7.19. The maximum absolute atomic E-state index is 12.6. The predicted octanol–water partition coefficient (Wildman–Crippen LogP) is 2.87. The zero-order valence-corrected chi connectivity index (χ0v) is 15.0. The maximum Gasteiger partial charge on any atom is 0.317 e. The lowest BCUT2D eigenvalue weighted by Crippen LogP contribution is -2.44. The third-order valence-electron chi connectivity index (χ3n) is 5.06. The number of carbonyl (C=O) groups excluding carboxylic acids is 1. The van der Waals surface area contributed by atoms with Gasteiger partial charge in [-0.3, -0.25) is 4.68 Å². The Kier molecular flexibility index (Phi) is 4.60. The number of rotatable bonds is 4. The predicted molar refractivity (Wildman–Crippen MR) is 99.8 cm³/mol. The van der Waals surface area contributed by atoms with E-state index in [-0.39, 0.29) is 11.9 Å². The molecule has 1 aliphatic rings. The van der Waals surface area contributed by atoms with E-state index in [1.807, 2.05) is 27.9 Å². The number of piperidine rings is 1. The normalized spacial score (nSPS) is 17.6. The molecule has 0 radical (unpaired) electrons. The fourth-order valence-corrected chi connectivity index (χ4v) is 3.72. The van der Waals surface area contributed by atoms with Crippen LogP contribution in [-0.2, 0) is 13.1 Å². The summed E-state index contributed by atoms with van der Waals surface area (Å²) in [7, 11) is 0. The summed E-state index contributed by atoms with van der Waals surface area (Å²) < 4.78 is 1.98. The van der Waals surface area contributed by atoms with Gasteiger partial charge in [-0.05, 0) is 25.8 Å². The molecule has 1 aliphatic heterocycles. The first kappa shape index (κ1) is 16.6. The van der Waals surface area contributed by atoms with Gasteiger partial charge in [-0.25, -0.2) is 9.78 Å². The van der Waals surface area contributed by atoms with E-state index in [1.165, 1.54) is 0 Å². The zero-order chi connectivity index (χ0) is 17.9. The molecule has 2 aromatic heterocycles. The van der Waals surface area contributed by atoms with Gasteiger partial charge < -0.3 is 15.2 Å². The number of benzene rings is 1. The first-order valence-corrected chi connectivity index (χ1v) is 9.22. The molecule has 0 saturated carbocycles. The Bertz CT molecular complexity index is 885. The number of hydrogen-bond acceptors (Lipinski definition) is 3. The summed E-state index contributed by atoms with van der Waals surface area (Å²) in [4.78, 5) is 22.1. The van der Waals surface area contributed by atoms with E-state index in [2.05, 4.69) is 39.4 Å². The number of nitrogens with zero attached hydrogens (tertiary/aromatic N) is 4. The third kappa shape index (κ3) is 3.16. The highest BCUT2D eigenvalue weighted by molar-refractivity contribution is 5.82. The molecule has 7 heteroatoms. The third-order valence-corrected chi connectivity index (χ3v) is 5.06. The number of nitrogens with one attached hydrogen (secondary N) is 2. The molecule has 0 spiro atoms. The van der Waals surface area contributed by atoms with E-state index in [1.54, 1.807) is 6.20 Å². The molecule has 1 atom stereocenters. The van der Waals surface area contributed by atoms with Crippen LogP contribution in [0.2, 0.25) is 0 Å². The van der Waals surface area contributed by atoms with Crippen molar-refractivity contribution in [2.24, 2.45) is 0 Å². The number of amides is 2. The van der Waals surface area contributed by atoms with Gasteiger partial charge in [-0.2, -0.15) is 5.10 Å². The van der Waals surface area contributed by atoms with Crippen LogP contribution >= 0.6 is 0 Å². The van der Waals surface area contributed by atoms with Gasteiger partial charge in [-0.15, -0.1) is 0 Å². The van der Waals surface area contributed by atoms with Gasteiger partial charge in [0.15, 0.2) is 0 Å². The number of urea groups is 1. The molecule has 4 rings (SSSR count). The fourth-order valence-electron chi connectivity index (χ4n) is 3.72. The van der Waals surface area contributed by atoms with Gasteiger partial charge in [-0.1, -0.05) is 18.2 Å². The molecule has 1 aromatic carbocycles. The highest BCUT2D eigenvalue weighted by atomic mass is 16.2. The van der Waals surface area contributed by atoms with Gasteiger partial charge in [0.2, 0.25) is 0 Å². The largest absolute Gasteiger partial charge is 0.348 e. The Morgan fingerprint density at radius 3 is 3.08 bits per heavy atom. The molecule has 3 heterocycles. The molecule has 3 aromatic rings. The Morgan fingerprint density at radius 1 is 1.38 bits per heavy atom. The summed E-state index contributed by atoms with van der Waals surface area (Å²) in [5, 5.41) is 8.79. The van der Waals surface area contributed by atoms with Crippen molar-refractivity contribution in [1.29, 1.82) is 0 Å². The molecule has 1 saturated heterocycles. The van der Waals surface area contributed by atoms with Crippen LogP contribution in [0.5, 0.6) is 0 Å². The SMILES string of the molecule is CCn1nc(CNC(=O)N2CCCC(c3ncc[nH]3)C2)c2ccccc21. The minimum Gasteiger partial charge on any atom is -0.348 e. The van der Waals surface area contributed by atoms with Crippen LogP contribution in [0.4, 0.5) is 4.79 Å². The van der Waals surface area contributed by atoms with Crippen molar-refractivity contribution in [2.45, 2.75) is 38.8 Å². The summed E-state index contributed by atoms with van der Waals surface area (Å²) in [6.45, 7) is 4.81. The first-order chi connectivity index (χ1) is 12.8. The molecule has 2 N–H and O–H groups in total. The molecule has 1 fully saturated rings. The Morgan fingerprint density at radius 2 is 2.27 bits per heavy atom. The smallest absolute Gasteiger partial charge is 0.317 e. The second-order valence-electron chi connectivity index (χ2n) is 6.70. The number of H-pyrrole nitrogens is 1. The number of hydrogen-bond donors (Lipinski definition) is 2. The van der Waals surface area contributed by atoms with Gasteiger partial charge in [0.25, 0.3) is 0 Å². The number of fused-ring (bicyclic) bond motifs is 1. The molecular formula is C19H24N6O. The minimum atomic E-state index is -0.0311. The lowest BCUT2D eigenvalue weighted by molar-refractivity contribution is 0.178. The van der Waals surface area contributed by atoms with E-state index in [9.17, 15) is 4.79 Å². The Labute approximate surface area is 152 Å². The molecule has 7 nitrogen and oxygen atoms in total. The molecule has 136 valence electrons. The molecule has 26 heavy (non-hydrogen) atoms. The average molecular weight is 352 g/mol. The van der Waals surface area contributed by atoms with Gasteiger partial charge in [0.05, 0.1) is 17.8 Å². The van der Waals surface area contributed by atoms with Crippen molar-refractivity contribution >= 4 is 16.9 Å². The summed E-state index contributed by atoms with van der Waals surface area (Å²) in [5.41, 5.74) is 2.02. The highest BCUT2D eigenvalue weighted by Crippen LogP contribution is 2.24. The fraction of sp³-hybridized carbons (Fsp3) is 0.421. The van der Waals surface area contributed by atoms with Crippen LogP contribution in [0.1, 0.15) is 37.2 Å². The first-order valence-electron chi connectivity index (χ1n) is 9.22. The topological polar surface area (TPSA) is 78.8 Å². The standard InChI is InChI=1S/C19H24N6O/c1-2-25-17-8-4-3-7-15(17)16(23-25)12-22-19(26)24-11-5-6-14(13-24)18-20-9-10-21-18/h3-4,7-10,14H,2,5-6,11-13H2,1H3,(H,20,21)(H,22,26). The Hall–Kier alpha value is -2.83. The number of para-hydroxylation sites is 1. The van der Waals surface area contributed by atoms with Gasteiger partial charge in [0, 0.05) is 43.3 Å². The van der Waals surface area contributed by atoms with E-state index in [4.69, 9.17) is 0 Å². The Balaban J connectivity index is 1.42. The summed E-state index contributed by atoms with van der Waals surface area (Å²) >= 11 is 0. The highest BCUT2D eigenvalue weighted by Gasteiger charge is 2.26. The number of likely N-dealkylation sites (tertiary alicyclic amines) is 1. The van der Waals surface area contributed by atoms with E-state index in [0.29, 0.717) is 13.1 Å². The number of aryl methyl sites for hydroxylation is 1. The average Bonchev–Trinajstić information content (AvgIpc) is 3.34. The van der Waals surface area contributed by atoms with Crippen LogP contribution < -0.4 is 5.32 Å². The minimum absolute atomic E-state index is 0.0311. The molecule has 2 amide bonds. The summed E-state index contributed by atoms with van der Waals surface area (Å²) in [6, 6.07) is 8.12. The van der Waals surface area contributed by atoms with E-state index < -0.39 is 0 Å². The van der Waals surface area contributed by atoms with Gasteiger partial charge in [0.1, 0.15) is 5.82 Å². The number of carbonyl (C=O) groups is 1. The molecular weight excluding hydrogens is 328 g/mol. The molecule has 1 unspecified atom stereocenters. The number of aromatic nitrogens is 4. The van der Waals surface area contributed by atoms with E-state index >= 15 is 0 Å². The number of aromatic amines is 1. The van der Waals surface area contributed by atoms with Crippen LogP contribution in [-0.4, -0.2) is 43.8 Å². The lowest BCUT2D eigenvalue weighted by Gasteiger charge is -2.31. The van der Waals surface area contributed by atoms with Crippen molar-refractivity contribution in [1.82, 2.24) is 30.0 Å². The summed E-state index contributed by atoms with van der Waals surface area (Å²) in [5.74, 6) is 1.25. The van der Waals surface area contributed by atoms with Crippen molar-refractivity contribution in [2.75, 3.05) is 13.1 Å². The van der Waals surface area contributed by atoms with Gasteiger partial charge >= 0.3 is 6.03 Å². The monoisotopic (exact) mass is 352 g/mol.